The minimum atomic E-state index is -4.13. The van der Waals surface area contributed by atoms with Gasteiger partial charge in [-0.05, 0) is 81.7 Å². The van der Waals surface area contributed by atoms with E-state index in [0.29, 0.717) is 11.3 Å². The predicted octanol–water partition coefficient (Wildman–Crippen LogP) is 6.23. The molecule has 0 saturated heterocycles. The first-order valence-electron chi connectivity index (χ1n) is 11.0. The maximum absolute atomic E-state index is 12.8. The molecule has 0 bridgehead atoms. The molecule has 7 nitrogen and oxygen atoms in total. The number of carbonyl (C=O) groups excluding carboxylic acids is 1. The molecule has 37 heavy (non-hydrogen) atoms. The van der Waals surface area contributed by atoms with Gasteiger partial charge in [0.05, 0.1) is 11.6 Å². The number of anilines is 1. The second-order valence-electron chi connectivity index (χ2n) is 8.07. The number of carbonyl (C=O) groups is 1. The standard InChI is InChI=1S/C28H21BrN2O5S/c1-18-7-11-24(12-8-18)37(33,34)36-27-25(29)14-19(15-26(27)35-2)13-22(17-30)28(32)31-23-10-9-20-5-3-4-6-21(20)16-23/h3-16H,1-2H3,(H,31,32)/b22-13+. The average molecular weight is 577 g/mol. The number of benzene rings is 4. The van der Waals surface area contributed by atoms with Gasteiger partial charge in [-0.15, -0.1) is 0 Å². The molecule has 9 heteroatoms. The topological polar surface area (TPSA) is 105 Å². The van der Waals surface area contributed by atoms with Gasteiger partial charge in [0.15, 0.2) is 11.5 Å². The Hall–Kier alpha value is -4.13. The first kappa shape index (κ1) is 25.9. The van der Waals surface area contributed by atoms with Crippen molar-refractivity contribution in [1.29, 1.82) is 5.26 Å². The second kappa shape index (κ2) is 10.9. The molecule has 4 aromatic rings. The Morgan fingerprint density at radius 3 is 2.38 bits per heavy atom. The van der Waals surface area contributed by atoms with Gasteiger partial charge in [0.25, 0.3) is 5.91 Å². The highest BCUT2D eigenvalue weighted by Gasteiger charge is 2.22. The maximum atomic E-state index is 12.8. The van der Waals surface area contributed by atoms with E-state index in [2.05, 4.69) is 21.2 Å². The van der Waals surface area contributed by atoms with E-state index >= 15 is 0 Å². The third kappa shape index (κ3) is 6.00. The lowest BCUT2D eigenvalue weighted by Gasteiger charge is -2.14. The molecule has 0 fully saturated rings. The quantitative estimate of drug-likeness (QED) is 0.159. The fraction of sp³-hybridized carbons (Fsp3) is 0.0714. The number of halogens is 1. The summed E-state index contributed by atoms with van der Waals surface area (Å²) in [6.45, 7) is 1.85. The Kier molecular flexibility index (Phi) is 7.62. The summed E-state index contributed by atoms with van der Waals surface area (Å²) in [5, 5.41) is 14.3. The van der Waals surface area contributed by atoms with Crippen molar-refractivity contribution in [2.75, 3.05) is 12.4 Å². The van der Waals surface area contributed by atoms with Gasteiger partial charge in [0, 0.05) is 5.69 Å². The van der Waals surface area contributed by atoms with Crippen LogP contribution in [0.1, 0.15) is 11.1 Å². The molecular formula is C28H21BrN2O5S. The Bertz CT molecular complexity index is 1670. The number of nitriles is 1. The van der Waals surface area contributed by atoms with Crippen LogP contribution in [0.2, 0.25) is 0 Å². The van der Waals surface area contributed by atoms with Crippen LogP contribution in [0, 0.1) is 18.3 Å². The minimum absolute atomic E-state index is 0.00634. The summed E-state index contributed by atoms with van der Waals surface area (Å²) in [7, 11) is -2.77. The molecule has 1 amide bonds. The molecule has 0 unspecified atom stereocenters. The molecule has 0 aliphatic heterocycles. The Balaban J connectivity index is 1.60. The number of amides is 1. The van der Waals surface area contributed by atoms with Crippen molar-refractivity contribution in [3.8, 4) is 17.6 Å². The van der Waals surface area contributed by atoms with Gasteiger partial charge in [-0.2, -0.15) is 13.7 Å². The van der Waals surface area contributed by atoms with Crippen molar-refractivity contribution in [3.05, 3.63) is 100 Å². The highest BCUT2D eigenvalue weighted by Crippen LogP contribution is 2.39. The van der Waals surface area contributed by atoms with E-state index in [1.54, 1.807) is 18.2 Å². The van der Waals surface area contributed by atoms with E-state index < -0.39 is 16.0 Å². The lowest BCUT2D eigenvalue weighted by Crippen LogP contribution is -2.13. The Labute approximate surface area is 223 Å². The van der Waals surface area contributed by atoms with Crippen molar-refractivity contribution in [1.82, 2.24) is 0 Å². The van der Waals surface area contributed by atoms with Gasteiger partial charge < -0.3 is 14.2 Å². The number of fused-ring (bicyclic) bond motifs is 1. The number of aryl methyl sites for hydroxylation is 1. The van der Waals surface area contributed by atoms with Crippen LogP contribution in [-0.2, 0) is 14.9 Å². The molecule has 0 radical (unpaired) electrons. The van der Waals surface area contributed by atoms with Crippen LogP contribution in [0.15, 0.2) is 93.8 Å². The molecule has 0 spiro atoms. The smallest absolute Gasteiger partial charge is 0.339 e. The van der Waals surface area contributed by atoms with Crippen LogP contribution >= 0.6 is 15.9 Å². The van der Waals surface area contributed by atoms with Crippen molar-refractivity contribution >= 4 is 54.5 Å². The second-order valence-corrected chi connectivity index (χ2v) is 10.5. The summed E-state index contributed by atoms with van der Waals surface area (Å²) >= 11 is 3.32. The molecule has 0 aliphatic rings. The van der Waals surface area contributed by atoms with Crippen molar-refractivity contribution in [3.63, 3.8) is 0 Å². The number of nitrogens with one attached hydrogen (secondary N) is 1. The van der Waals surface area contributed by atoms with E-state index in [1.165, 1.54) is 37.5 Å². The van der Waals surface area contributed by atoms with Gasteiger partial charge in [0.2, 0.25) is 0 Å². The molecule has 0 aromatic heterocycles. The van der Waals surface area contributed by atoms with Crippen molar-refractivity contribution < 1.29 is 22.1 Å². The first-order valence-corrected chi connectivity index (χ1v) is 13.2. The van der Waals surface area contributed by atoms with E-state index in [-0.39, 0.29) is 26.4 Å². The maximum Gasteiger partial charge on any atom is 0.339 e. The highest BCUT2D eigenvalue weighted by atomic mass is 79.9. The molecule has 0 atom stereocenters. The van der Waals surface area contributed by atoms with Gasteiger partial charge in [-0.3, -0.25) is 4.79 Å². The third-order valence-electron chi connectivity index (χ3n) is 5.44. The lowest BCUT2D eigenvalue weighted by molar-refractivity contribution is -0.112. The number of hydrogen-bond donors (Lipinski definition) is 1. The largest absolute Gasteiger partial charge is 0.493 e. The SMILES string of the molecule is COc1cc(/C=C(\C#N)C(=O)Nc2ccc3ccccc3c2)cc(Br)c1OS(=O)(=O)c1ccc(C)cc1. The Morgan fingerprint density at radius 1 is 1.00 bits per heavy atom. The van der Waals surface area contributed by atoms with E-state index in [9.17, 15) is 18.5 Å². The molecule has 0 aliphatic carbocycles. The minimum Gasteiger partial charge on any atom is -0.493 e. The number of methoxy groups -OCH3 is 1. The van der Waals surface area contributed by atoms with Crippen molar-refractivity contribution in [2.45, 2.75) is 11.8 Å². The van der Waals surface area contributed by atoms with Crippen LogP contribution in [-0.4, -0.2) is 21.4 Å². The average Bonchev–Trinajstić information content (AvgIpc) is 2.88. The molecule has 4 aromatic carbocycles. The molecule has 1 N–H and O–H groups in total. The monoisotopic (exact) mass is 576 g/mol. The van der Waals surface area contributed by atoms with E-state index in [4.69, 9.17) is 8.92 Å². The molecular weight excluding hydrogens is 556 g/mol. The third-order valence-corrected chi connectivity index (χ3v) is 7.26. The molecule has 0 saturated carbocycles. The van der Waals surface area contributed by atoms with Gasteiger partial charge >= 0.3 is 10.1 Å². The predicted molar refractivity (Wildman–Crippen MR) is 146 cm³/mol. The van der Waals surface area contributed by atoms with E-state index in [0.717, 1.165) is 16.3 Å². The van der Waals surface area contributed by atoms with Gasteiger partial charge in [-0.1, -0.05) is 48.0 Å². The highest BCUT2D eigenvalue weighted by molar-refractivity contribution is 9.10. The molecule has 0 heterocycles. The number of nitrogens with zero attached hydrogens (tertiary/aromatic N) is 1. The van der Waals surface area contributed by atoms with Crippen LogP contribution in [0.3, 0.4) is 0 Å². The first-order chi connectivity index (χ1) is 17.7. The number of rotatable bonds is 7. The zero-order valence-electron chi connectivity index (χ0n) is 19.9. The summed E-state index contributed by atoms with van der Waals surface area (Å²) in [5.74, 6) is -0.543. The van der Waals surface area contributed by atoms with Crippen LogP contribution < -0.4 is 14.2 Å². The zero-order chi connectivity index (χ0) is 26.6. The van der Waals surface area contributed by atoms with Gasteiger partial charge in [-0.25, -0.2) is 0 Å². The van der Waals surface area contributed by atoms with Crippen LogP contribution in [0.25, 0.3) is 16.8 Å². The molecule has 4 rings (SSSR count). The summed E-state index contributed by atoms with van der Waals surface area (Å²) in [6, 6.07) is 24.4. The number of hydrogen-bond acceptors (Lipinski definition) is 6. The summed E-state index contributed by atoms with van der Waals surface area (Å²) < 4.78 is 36.5. The fourth-order valence-corrected chi connectivity index (χ4v) is 5.15. The Morgan fingerprint density at radius 2 is 1.70 bits per heavy atom. The number of ether oxygens (including phenoxy) is 1. The van der Waals surface area contributed by atoms with Crippen LogP contribution in [0.5, 0.6) is 11.5 Å². The summed E-state index contributed by atoms with van der Waals surface area (Å²) in [5.41, 5.74) is 1.73. The van der Waals surface area contributed by atoms with E-state index in [1.807, 2.05) is 49.4 Å². The van der Waals surface area contributed by atoms with Gasteiger partial charge in [0.1, 0.15) is 16.5 Å². The lowest BCUT2D eigenvalue weighted by atomic mass is 10.1. The zero-order valence-corrected chi connectivity index (χ0v) is 22.3. The van der Waals surface area contributed by atoms with Crippen molar-refractivity contribution in [2.24, 2.45) is 0 Å². The van der Waals surface area contributed by atoms with Crippen LogP contribution in [0.4, 0.5) is 5.69 Å². The molecule has 186 valence electrons. The normalized spacial score (nSPS) is 11.6. The summed E-state index contributed by atoms with van der Waals surface area (Å²) in [6.07, 6.45) is 1.38. The summed E-state index contributed by atoms with van der Waals surface area (Å²) in [4.78, 5) is 12.8. The fourth-order valence-electron chi connectivity index (χ4n) is 3.55.